The van der Waals surface area contributed by atoms with E-state index in [1.807, 2.05) is 73.7 Å². The summed E-state index contributed by atoms with van der Waals surface area (Å²) in [6.45, 7) is 21.1. The van der Waals surface area contributed by atoms with Gasteiger partial charge in [0.2, 0.25) is 0 Å². The van der Waals surface area contributed by atoms with Crippen LogP contribution >= 0.6 is 11.6 Å². The van der Waals surface area contributed by atoms with Gasteiger partial charge in [0, 0.05) is 152 Å². The number of aryl methyl sites for hydroxylation is 4. The number of nitrogens with one attached hydrogen (secondary N) is 3. The Hall–Kier alpha value is -9.10. The van der Waals surface area contributed by atoms with E-state index in [-0.39, 0.29) is 0 Å². The van der Waals surface area contributed by atoms with Gasteiger partial charge in [-0.15, -0.1) is 0 Å². The smallest absolute Gasteiger partial charge is 0.119 e. The highest BCUT2D eigenvalue weighted by Crippen LogP contribution is 2.35. The molecule has 4 fully saturated rings. The number of likely N-dealkylation sites (tertiary alicyclic amines) is 4. The second-order valence-electron chi connectivity index (χ2n) is 32.8. The van der Waals surface area contributed by atoms with Gasteiger partial charge in [-0.1, -0.05) is 143 Å². The summed E-state index contributed by atoms with van der Waals surface area (Å²) in [5.41, 5.74) is 21.9. The minimum atomic E-state index is 0.349. The van der Waals surface area contributed by atoms with Gasteiger partial charge in [0.25, 0.3) is 0 Å². The van der Waals surface area contributed by atoms with E-state index in [1.165, 1.54) is 189 Å². The first-order chi connectivity index (χ1) is 57.6. The van der Waals surface area contributed by atoms with Crippen LogP contribution in [0.25, 0.3) is 11.1 Å². The molecule has 0 amide bonds. The van der Waals surface area contributed by atoms with Gasteiger partial charge < -0.3 is 39.6 Å². The van der Waals surface area contributed by atoms with E-state index in [4.69, 9.17) is 16.3 Å². The quantitative estimate of drug-likeness (QED) is 0.0323. The van der Waals surface area contributed by atoms with Crippen LogP contribution in [0.4, 0.5) is 0 Å². The maximum absolute atomic E-state index is 6.12. The Morgan fingerprint density at radius 2 is 1.06 bits per heavy atom. The molecule has 0 spiro atoms. The summed E-state index contributed by atoms with van der Waals surface area (Å²) in [7, 11) is 4.49. The molecule has 17 heteroatoms. The van der Waals surface area contributed by atoms with E-state index in [2.05, 4.69) is 236 Å². The number of unbranched alkanes of at least 4 members (excludes halogenated alkanes) is 4. The number of aliphatic imine (C=N–C) groups is 2. The summed E-state index contributed by atoms with van der Waals surface area (Å²) in [4.78, 5) is 50.1. The van der Waals surface area contributed by atoms with Crippen molar-refractivity contribution in [2.24, 2.45) is 15.9 Å². The van der Waals surface area contributed by atoms with Crippen LogP contribution in [0, 0.1) is 19.8 Å². The lowest BCUT2D eigenvalue weighted by atomic mass is 9.90. The van der Waals surface area contributed by atoms with Crippen LogP contribution in [0.15, 0.2) is 240 Å². The number of imidazole rings is 2. The number of halogens is 1. The molecule has 6 aliphatic heterocycles. The number of aromatic amines is 2. The topological polar surface area (TPSA) is 158 Å². The van der Waals surface area contributed by atoms with Crippen molar-refractivity contribution in [3.05, 3.63) is 297 Å². The maximum Gasteiger partial charge on any atom is 0.119 e. The molecule has 4 aromatic carbocycles. The summed E-state index contributed by atoms with van der Waals surface area (Å²) in [5, 5.41) is 4.38. The molecule has 9 aromatic rings. The number of hydrogen-bond acceptors (Lipinski definition) is 14. The van der Waals surface area contributed by atoms with Gasteiger partial charge in [-0.2, -0.15) is 0 Å². The molecular weight excluding hydrogens is 1460 g/mol. The number of hydrogen-bond donors (Lipinski definition) is 3. The van der Waals surface area contributed by atoms with Crippen LogP contribution in [-0.4, -0.2) is 184 Å². The van der Waals surface area contributed by atoms with Gasteiger partial charge in [-0.05, 0) is 298 Å². The molecule has 117 heavy (non-hydrogen) atoms. The van der Waals surface area contributed by atoms with Crippen LogP contribution in [0.3, 0.4) is 0 Å². The lowest BCUT2D eigenvalue weighted by Crippen LogP contribution is -2.41. The van der Waals surface area contributed by atoms with Gasteiger partial charge in [0.05, 0.1) is 30.6 Å². The third-order valence-corrected chi connectivity index (χ3v) is 24.3. The zero-order chi connectivity index (χ0) is 80.7. The highest BCUT2D eigenvalue weighted by atomic mass is 35.5. The predicted molar refractivity (Wildman–Crippen MR) is 485 cm³/mol. The van der Waals surface area contributed by atoms with E-state index in [0.29, 0.717) is 12.0 Å². The fourth-order valence-corrected chi connectivity index (χ4v) is 17.1. The van der Waals surface area contributed by atoms with Crippen molar-refractivity contribution < 1.29 is 4.74 Å². The Morgan fingerprint density at radius 1 is 0.530 bits per heavy atom. The molecule has 6 aliphatic rings. The number of H-pyrrole nitrogens is 2. The Bertz CT molecular complexity index is 4430. The monoisotopic (exact) mass is 1590 g/mol. The fourth-order valence-electron chi connectivity index (χ4n) is 17.0. The number of allylic oxidation sites excluding steroid dienone is 4. The third-order valence-electron chi connectivity index (χ3n) is 24.0. The molecule has 5 aromatic heterocycles. The summed E-state index contributed by atoms with van der Waals surface area (Å²) in [6, 6.07) is 54.0. The molecular formula is C100H130ClN15O. The van der Waals surface area contributed by atoms with Crippen LogP contribution < -0.4 is 10.1 Å². The Kier molecular flexibility index (Phi) is 36.3. The molecule has 0 radical (unpaired) electrons. The van der Waals surface area contributed by atoms with Crippen LogP contribution in [0.5, 0.6) is 5.75 Å². The van der Waals surface area contributed by atoms with Crippen molar-refractivity contribution in [2.45, 2.75) is 180 Å². The highest BCUT2D eigenvalue weighted by molar-refractivity contribution is 6.30. The molecule has 4 saturated heterocycles. The van der Waals surface area contributed by atoms with Gasteiger partial charge in [0.15, 0.2) is 0 Å². The van der Waals surface area contributed by atoms with Crippen molar-refractivity contribution in [3.63, 3.8) is 0 Å². The zero-order valence-corrected chi connectivity index (χ0v) is 71.3. The van der Waals surface area contributed by atoms with Crippen molar-refractivity contribution in [2.75, 3.05) is 106 Å². The Labute approximate surface area is 704 Å². The SMILES string of the molecule is CN1CCC(N(C)Cc2ccc(OCCCN3CCC(CC4=CCC=N4)CC3)cc2)CC1.Cc1ccc(C(=C2CCN(CCCCc3cnc[nH]3)CC2)c2ccccn2)cc1.Cc1ccc(C(CCNCCCCC2=CCC=N2)c2ccccn2)cc1.Clc1ccc(C(=C2CCN(CCCCCc3cnc[nH]3)CC2)c2ccccn2)cc1. The molecule has 3 N–H and O–H groups in total. The van der Waals surface area contributed by atoms with E-state index in [1.54, 1.807) is 18.2 Å². The number of pyridine rings is 3. The summed E-state index contributed by atoms with van der Waals surface area (Å²) < 4.78 is 6.03. The minimum absolute atomic E-state index is 0.349. The maximum atomic E-state index is 6.12. The van der Waals surface area contributed by atoms with E-state index in [9.17, 15) is 0 Å². The van der Waals surface area contributed by atoms with Crippen LogP contribution in [0.1, 0.15) is 203 Å². The molecule has 1 unspecified atom stereocenters. The first-order valence-electron chi connectivity index (χ1n) is 44.0. The van der Waals surface area contributed by atoms with Crippen LogP contribution in [0.2, 0.25) is 5.02 Å². The summed E-state index contributed by atoms with van der Waals surface area (Å²) in [5.74, 6) is 2.17. The number of piperidine rings is 4. The van der Waals surface area contributed by atoms with E-state index in [0.717, 1.165) is 163 Å². The predicted octanol–water partition coefficient (Wildman–Crippen LogP) is 20.3. The van der Waals surface area contributed by atoms with Gasteiger partial charge in [0.1, 0.15) is 5.75 Å². The minimum Gasteiger partial charge on any atom is -0.494 e. The molecule has 0 aliphatic carbocycles. The summed E-state index contributed by atoms with van der Waals surface area (Å²) in [6.07, 6.45) is 48.5. The van der Waals surface area contributed by atoms with Gasteiger partial charge in [-0.3, -0.25) is 29.8 Å². The lowest BCUT2D eigenvalue weighted by Gasteiger charge is -2.35. The molecule has 0 saturated carbocycles. The van der Waals surface area contributed by atoms with Gasteiger partial charge >= 0.3 is 0 Å². The number of benzene rings is 4. The Balaban J connectivity index is 0.000000144. The van der Waals surface area contributed by atoms with Gasteiger partial charge in [-0.25, -0.2) is 9.97 Å². The van der Waals surface area contributed by atoms with Crippen molar-refractivity contribution in [3.8, 4) is 5.75 Å². The molecule has 0 bridgehead atoms. The standard InChI is InChI=1S/C27H42N4O.C25H29ClN4.C25H30N4.C23H29N3/c1-29-16-12-26(13-17-29)30(2)22-24-6-8-27(9-7-24)32-20-4-15-31-18-10-23(11-19-31)21-25-5-3-14-28-25;26-22-10-8-20(9-11-22)25(24-7-3-4-14-28-24)21-12-16-30(17-13-21)15-5-1-2-6-23-18-27-19-29-23;1-20-8-10-21(11-9-20)25(24-7-2-4-14-27-24)22-12-16-29(17-13-22)15-5-3-6-23-18-26-19-28-23;1-19-10-12-20(13-11-19)22(23-9-3-5-16-26-23)14-18-24-15-4-2-7-21-8-6-17-25-21/h5-9,14,23,26H,3-4,10-13,15-22H2,1-2H3;3-4,7-11,14,18-19H,1-2,5-6,12-13,15-17H2,(H,27,29);2,4,7-11,14,18-19H,3,5-6,12-13,15-17H2,1H3,(H,26,28);3,5,8-13,16-17,22,24H,2,4,6-7,14-15,18H2,1H3. The lowest BCUT2D eigenvalue weighted by molar-refractivity contribution is 0.139. The number of aromatic nitrogens is 7. The molecule has 618 valence electrons. The average Bonchev–Trinajstić information content (AvgIpc) is 1.49. The van der Waals surface area contributed by atoms with Crippen molar-refractivity contribution in [1.82, 2.24) is 64.7 Å². The first kappa shape index (κ1) is 87.2. The van der Waals surface area contributed by atoms with E-state index >= 15 is 0 Å². The molecule has 1 atom stereocenters. The van der Waals surface area contributed by atoms with Crippen LogP contribution in [-0.2, 0) is 19.4 Å². The highest BCUT2D eigenvalue weighted by Gasteiger charge is 2.25. The fraction of sp³-hybridized carbons (Fsp3) is 0.450. The molecule has 16 nitrogen and oxygen atoms in total. The molecule has 11 heterocycles. The normalized spacial score (nSPS) is 16.5. The number of nitrogens with zero attached hydrogens (tertiary/aromatic N) is 12. The number of rotatable bonds is 35. The second kappa shape index (κ2) is 48.7. The Morgan fingerprint density at radius 3 is 1.61 bits per heavy atom. The largest absolute Gasteiger partial charge is 0.494 e. The number of ether oxygens (including phenoxy) is 1. The average molecular weight is 1590 g/mol. The van der Waals surface area contributed by atoms with Crippen molar-refractivity contribution >= 4 is 35.2 Å². The first-order valence-corrected chi connectivity index (χ1v) is 44.4. The molecule has 15 rings (SSSR count). The van der Waals surface area contributed by atoms with Crippen molar-refractivity contribution in [1.29, 1.82) is 0 Å². The second-order valence-corrected chi connectivity index (χ2v) is 33.3. The van der Waals surface area contributed by atoms with E-state index < -0.39 is 0 Å². The third kappa shape index (κ3) is 29.7. The zero-order valence-electron chi connectivity index (χ0n) is 70.5. The summed E-state index contributed by atoms with van der Waals surface area (Å²) >= 11 is 6.12.